The van der Waals surface area contributed by atoms with Crippen LogP contribution in [0.3, 0.4) is 0 Å². The van der Waals surface area contributed by atoms with Crippen molar-refractivity contribution in [3.8, 4) is 0 Å². The Labute approximate surface area is 158 Å². The Kier molecular flexibility index (Phi) is 5.55. The van der Waals surface area contributed by atoms with E-state index in [1.54, 1.807) is 0 Å². The molecule has 7 nitrogen and oxygen atoms in total. The lowest BCUT2D eigenvalue weighted by molar-refractivity contribution is -0.113. The molecule has 1 aromatic heterocycles. The molecule has 7 heteroatoms. The molecule has 1 aromatic rings. The van der Waals surface area contributed by atoms with Crippen LogP contribution in [0.2, 0.25) is 0 Å². The van der Waals surface area contributed by atoms with Crippen molar-refractivity contribution in [1.29, 1.82) is 0 Å². The minimum absolute atomic E-state index is 0.0443. The number of aliphatic imine (C=N–C) groups is 1. The quantitative estimate of drug-likeness (QED) is 0.692. The van der Waals surface area contributed by atoms with Crippen molar-refractivity contribution in [3.63, 3.8) is 0 Å². The summed E-state index contributed by atoms with van der Waals surface area (Å²) in [6, 6.07) is 0.476. The number of ether oxygens (including phenoxy) is 1. The minimum Gasteiger partial charge on any atom is -0.494 e. The van der Waals surface area contributed by atoms with E-state index in [1.165, 1.54) is 38.2 Å². The van der Waals surface area contributed by atoms with Gasteiger partial charge >= 0.3 is 0 Å². The Bertz CT molecular complexity index is 799. The fourth-order valence-corrected chi connectivity index (χ4v) is 3.87. The summed E-state index contributed by atoms with van der Waals surface area (Å²) in [5.74, 6) is 1.68. The molecule has 1 atom stereocenters. The SMILES string of the molecule is O=C1C=CC2C=C(OCCCCc3nnnn3C3CCCCC3)C=CC2=N1. The van der Waals surface area contributed by atoms with Crippen molar-refractivity contribution in [3.05, 3.63) is 42.0 Å². The van der Waals surface area contributed by atoms with Gasteiger partial charge in [-0.25, -0.2) is 9.67 Å². The molecule has 0 bridgehead atoms. The van der Waals surface area contributed by atoms with Crippen LogP contribution in [0, 0.1) is 5.92 Å². The van der Waals surface area contributed by atoms with Crippen LogP contribution in [-0.2, 0) is 16.0 Å². The number of hydrogen-bond donors (Lipinski definition) is 0. The number of unbranched alkanes of at least 4 members (excludes halogenated alkanes) is 1. The van der Waals surface area contributed by atoms with Gasteiger partial charge in [0, 0.05) is 18.4 Å². The van der Waals surface area contributed by atoms with Gasteiger partial charge in [0.1, 0.15) is 5.76 Å². The fourth-order valence-electron chi connectivity index (χ4n) is 3.87. The van der Waals surface area contributed by atoms with Crippen LogP contribution in [0.25, 0.3) is 0 Å². The summed E-state index contributed by atoms with van der Waals surface area (Å²) in [6.45, 7) is 0.656. The van der Waals surface area contributed by atoms with Gasteiger partial charge in [-0.15, -0.1) is 5.10 Å². The molecule has 3 aliphatic rings. The number of carbonyl (C=O) groups is 1. The van der Waals surface area contributed by atoms with Gasteiger partial charge in [0.2, 0.25) is 0 Å². The molecular weight excluding hydrogens is 342 g/mol. The number of allylic oxidation sites excluding steroid dienone is 4. The molecule has 0 aromatic carbocycles. The maximum absolute atomic E-state index is 11.3. The van der Waals surface area contributed by atoms with Crippen LogP contribution in [-0.4, -0.2) is 38.4 Å². The average molecular weight is 367 g/mol. The van der Waals surface area contributed by atoms with Gasteiger partial charge in [0.15, 0.2) is 5.82 Å². The highest BCUT2D eigenvalue weighted by Gasteiger charge is 2.20. The minimum atomic E-state index is -0.195. The summed E-state index contributed by atoms with van der Waals surface area (Å²) < 4.78 is 7.91. The highest BCUT2D eigenvalue weighted by Crippen LogP contribution is 2.28. The largest absolute Gasteiger partial charge is 0.494 e. The van der Waals surface area contributed by atoms with Crippen molar-refractivity contribution in [1.82, 2.24) is 20.2 Å². The molecule has 1 aliphatic heterocycles. The van der Waals surface area contributed by atoms with Gasteiger partial charge in [-0.3, -0.25) is 4.79 Å². The smallest absolute Gasteiger partial charge is 0.269 e. The molecule has 27 heavy (non-hydrogen) atoms. The molecule has 0 saturated heterocycles. The lowest BCUT2D eigenvalue weighted by Crippen LogP contribution is -2.18. The number of aryl methyl sites for hydroxylation is 1. The summed E-state index contributed by atoms with van der Waals surface area (Å²) in [5.41, 5.74) is 0.782. The van der Waals surface area contributed by atoms with Crippen molar-refractivity contribution < 1.29 is 9.53 Å². The maximum atomic E-state index is 11.3. The normalized spacial score (nSPS) is 22.4. The first-order valence-electron chi connectivity index (χ1n) is 9.90. The Morgan fingerprint density at radius 1 is 1.11 bits per heavy atom. The second-order valence-corrected chi connectivity index (χ2v) is 7.30. The first kappa shape index (κ1) is 17.8. The number of aromatic nitrogens is 4. The number of fused-ring (bicyclic) bond motifs is 1. The van der Waals surface area contributed by atoms with Gasteiger partial charge in [-0.2, -0.15) is 0 Å². The number of tetrazole rings is 1. The lowest BCUT2D eigenvalue weighted by Gasteiger charge is -2.22. The van der Waals surface area contributed by atoms with Crippen LogP contribution in [0.15, 0.2) is 41.1 Å². The molecule has 142 valence electrons. The van der Waals surface area contributed by atoms with Crippen molar-refractivity contribution in [2.24, 2.45) is 10.9 Å². The average Bonchev–Trinajstić information content (AvgIpc) is 3.17. The molecule has 1 fully saturated rings. The van der Waals surface area contributed by atoms with Crippen LogP contribution in [0.5, 0.6) is 0 Å². The van der Waals surface area contributed by atoms with Gasteiger partial charge < -0.3 is 4.74 Å². The van der Waals surface area contributed by atoms with Crippen LogP contribution < -0.4 is 0 Å². The number of amides is 1. The molecule has 2 aliphatic carbocycles. The van der Waals surface area contributed by atoms with E-state index in [0.717, 1.165) is 36.6 Å². The summed E-state index contributed by atoms with van der Waals surface area (Å²) in [6.07, 6.45) is 18.2. The third-order valence-corrected chi connectivity index (χ3v) is 5.33. The molecular formula is C20H25N5O2. The lowest BCUT2D eigenvalue weighted by atomic mass is 9.95. The van der Waals surface area contributed by atoms with Crippen LogP contribution >= 0.6 is 0 Å². The Morgan fingerprint density at radius 2 is 2.00 bits per heavy atom. The zero-order valence-corrected chi connectivity index (χ0v) is 15.5. The van der Waals surface area contributed by atoms with E-state index in [9.17, 15) is 4.79 Å². The van der Waals surface area contributed by atoms with Crippen molar-refractivity contribution in [2.75, 3.05) is 6.61 Å². The molecule has 1 saturated carbocycles. The number of rotatable bonds is 7. The van der Waals surface area contributed by atoms with E-state index >= 15 is 0 Å². The monoisotopic (exact) mass is 367 g/mol. The number of carbonyl (C=O) groups excluding carboxylic acids is 1. The second kappa shape index (κ2) is 8.41. The summed E-state index contributed by atoms with van der Waals surface area (Å²) in [7, 11) is 0. The van der Waals surface area contributed by atoms with Crippen LogP contribution in [0.1, 0.15) is 56.8 Å². The van der Waals surface area contributed by atoms with E-state index in [4.69, 9.17) is 4.74 Å². The van der Waals surface area contributed by atoms with Gasteiger partial charge in [-0.05, 0) is 54.3 Å². The predicted molar refractivity (Wildman–Crippen MR) is 101 cm³/mol. The molecule has 1 unspecified atom stereocenters. The zero-order chi connectivity index (χ0) is 18.5. The Morgan fingerprint density at radius 3 is 2.89 bits per heavy atom. The predicted octanol–water partition coefficient (Wildman–Crippen LogP) is 3.12. The van der Waals surface area contributed by atoms with E-state index < -0.39 is 0 Å². The third kappa shape index (κ3) is 4.40. The first-order valence-corrected chi connectivity index (χ1v) is 9.90. The van der Waals surface area contributed by atoms with E-state index in [-0.39, 0.29) is 11.8 Å². The first-order chi connectivity index (χ1) is 13.3. The fraction of sp³-hybridized carbons (Fsp3) is 0.550. The van der Waals surface area contributed by atoms with Gasteiger partial charge in [0.25, 0.3) is 5.91 Å². The highest BCUT2D eigenvalue weighted by atomic mass is 16.5. The number of nitrogens with zero attached hydrogens (tertiary/aromatic N) is 5. The third-order valence-electron chi connectivity index (χ3n) is 5.33. The van der Waals surface area contributed by atoms with Gasteiger partial charge in [-0.1, -0.05) is 25.3 Å². The van der Waals surface area contributed by atoms with E-state index in [2.05, 4.69) is 20.5 Å². The summed E-state index contributed by atoms with van der Waals surface area (Å²) >= 11 is 0. The van der Waals surface area contributed by atoms with E-state index in [1.807, 2.05) is 29.0 Å². The molecule has 0 spiro atoms. The standard InChI is InChI=1S/C20H25N5O2/c26-20-12-9-15-14-17(10-11-18(15)21-20)27-13-5-4-8-19-22-23-24-25(19)16-6-2-1-3-7-16/h9-12,14-16H,1-8,13H2. The summed E-state index contributed by atoms with van der Waals surface area (Å²) in [4.78, 5) is 15.3. The molecule has 2 heterocycles. The zero-order valence-electron chi connectivity index (χ0n) is 15.5. The molecule has 0 radical (unpaired) electrons. The van der Waals surface area contributed by atoms with Crippen molar-refractivity contribution in [2.45, 2.75) is 57.4 Å². The topological polar surface area (TPSA) is 82.3 Å². The Balaban J connectivity index is 1.21. The van der Waals surface area contributed by atoms with Crippen LogP contribution in [0.4, 0.5) is 0 Å². The van der Waals surface area contributed by atoms with Crippen molar-refractivity contribution >= 4 is 11.6 Å². The number of hydrogen-bond acceptors (Lipinski definition) is 5. The Hall–Kier alpha value is -2.57. The van der Waals surface area contributed by atoms with E-state index in [0.29, 0.717) is 12.6 Å². The molecule has 1 amide bonds. The highest BCUT2D eigenvalue weighted by molar-refractivity contribution is 6.11. The maximum Gasteiger partial charge on any atom is 0.269 e. The molecule has 0 N–H and O–H groups in total. The summed E-state index contributed by atoms with van der Waals surface area (Å²) in [5, 5.41) is 12.3. The number of dihydropyridines is 1. The van der Waals surface area contributed by atoms with Gasteiger partial charge in [0.05, 0.1) is 18.4 Å². The second-order valence-electron chi connectivity index (χ2n) is 7.30. The molecule has 4 rings (SSSR count).